The Bertz CT molecular complexity index is 1770. The maximum atomic E-state index is 15.9. The molecule has 9 nitrogen and oxygen atoms in total. The molecule has 4 aromatic rings. The second kappa shape index (κ2) is 11.0. The van der Waals surface area contributed by atoms with Crippen molar-refractivity contribution in [2.45, 2.75) is 52.6 Å². The minimum absolute atomic E-state index is 0.0338. The summed E-state index contributed by atoms with van der Waals surface area (Å²) in [6.45, 7) is 13.7. The van der Waals surface area contributed by atoms with Crippen molar-refractivity contribution in [2.75, 3.05) is 18.0 Å². The molecule has 1 amide bonds. The van der Waals surface area contributed by atoms with Gasteiger partial charge in [-0.3, -0.25) is 9.78 Å². The fourth-order valence-electron chi connectivity index (χ4n) is 5.60. The van der Waals surface area contributed by atoms with Crippen molar-refractivity contribution in [2.24, 2.45) is 0 Å². The zero-order valence-electron chi connectivity index (χ0n) is 24.1. The molecular weight excluding hydrogens is 542 g/mol. The number of benzene rings is 1. The van der Waals surface area contributed by atoms with Crippen LogP contribution in [0.25, 0.3) is 28.0 Å². The number of phenols is 1. The summed E-state index contributed by atoms with van der Waals surface area (Å²) in [7, 11) is 0. The third-order valence-electron chi connectivity index (χ3n) is 7.95. The number of halogens is 2. The standard InChI is InChI=1S/C31H32F2N6O3/c1-7-24(41)37-13-14-38(19(6)18(37)5)29-20-15-22(33)27(25-21(32)9-8-10-23(25)40)35-30(20)39(31(42)36-29)28-17(4)11-12-34-26(28)16(2)3/h7-12,15-16,18-19,40H,1,13-14H2,2-6H3/t18-,19+/m1/s1. The van der Waals surface area contributed by atoms with Crippen LogP contribution in [0, 0.1) is 18.6 Å². The van der Waals surface area contributed by atoms with E-state index in [9.17, 15) is 19.1 Å². The van der Waals surface area contributed by atoms with Gasteiger partial charge >= 0.3 is 5.69 Å². The van der Waals surface area contributed by atoms with Gasteiger partial charge in [-0.15, -0.1) is 0 Å². The maximum Gasteiger partial charge on any atom is 0.355 e. The van der Waals surface area contributed by atoms with E-state index >= 15 is 4.39 Å². The van der Waals surface area contributed by atoms with Crippen molar-refractivity contribution in [1.29, 1.82) is 0 Å². The topological polar surface area (TPSA) is 104 Å². The summed E-state index contributed by atoms with van der Waals surface area (Å²) in [5.41, 5.74) is 0.264. The number of carbonyl (C=O) groups excluding carboxylic acids is 1. The first-order chi connectivity index (χ1) is 20.0. The first-order valence-electron chi connectivity index (χ1n) is 13.7. The van der Waals surface area contributed by atoms with Crippen LogP contribution < -0.4 is 10.6 Å². The lowest BCUT2D eigenvalue weighted by atomic mass is 10.0. The SMILES string of the molecule is C=CC(=O)N1CCN(c2nc(=O)n(-c3c(C)ccnc3C(C)C)c3nc(-c4c(O)cccc4F)c(F)cc23)[C@@H](C)[C@H]1C. The Hall–Kier alpha value is -4.67. The lowest BCUT2D eigenvalue weighted by Gasteiger charge is -2.45. The number of phenolic OH excluding ortho intramolecular Hbond substituents is 1. The van der Waals surface area contributed by atoms with E-state index in [1.807, 2.05) is 39.5 Å². The average molecular weight is 575 g/mol. The van der Waals surface area contributed by atoms with Gasteiger partial charge in [-0.05, 0) is 62.6 Å². The molecule has 2 atom stereocenters. The van der Waals surface area contributed by atoms with E-state index in [0.29, 0.717) is 30.0 Å². The highest BCUT2D eigenvalue weighted by atomic mass is 19.1. The van der Waals surface area contributed by atoms with Gasteiger partial charge in [0.15, 0.2) is 11.5 Å². The largest absolute Gasteiger partial charge is 0.507 e. The molecule has 42 heavy (non-hydrogen) atoms. The van der Waals surface area contributed by atoms with E-state index in [-0.39, 0.29) is 40.8 Å². The molecule has 1 fully saturated rings. The number of nitrogens with zero attached hydrogens (tertiary/aromatic N) is 6. The van der Waals surface area contributed by atoms with Crippen LogP contribution in [0.4, 0.5) is 14.6 Å². The number of anilines is 1. The monoisotopic (exact) mass is 574 g/mol. The van der Waals surface area contributed by atoms with Gasteiger partial charge in [-0.2, -0.15) is 4.98 Å². The average Bonchev–Trinajstić information content (AvgIpc) is 2.94. The van der Waals surface area contributed by atoms with Gasteiger partial charge in [-0.1, -0.05) is 26.5 Å². The fourth-order valence-corrected chi connectivity index (χ4v) is 5.60. The molecule has 218 valence electrons. The van der Waals surface area contributed by atoms with Crippen molar-refractivity contribution in [3.63, 3.8) is 0 Å². The number of piperazine rings is 1. The summed E-state index contributed by atoms with van der Waals surface area (Å²) in [5.74, 6) is -2.36. The zero-order valence-corrected chi connectivity index (χ0v) is 24.1. The minimum atomic E-state index is -0.899. The Balaban J connectivity index is 1.85. The normalized spacial score (nSPS) is 17.2. The molecule has 1 saturated heterocycles. The molecule has 1 aliphatic heterocycles. The first kappa shape index (κ1) is 28.8. The smallest absolute Gasteiger partial charge is 0.355 e. The summed E-state index contributed by atoms with van der Waals surface area (Å²) in [5, 5.41) is 10.7. The Labute approximate surface area is 241 Å². The number of carbonyl (C=O) groups is 1. The van der Waals surface area contributed by atoms with Gasteiger partial charge in [0.1, 0.15) is 23.1 Å². The number of rotatable bonds is 5. The number of amides is 1. The first-order valence-corrected chi connectivity index (χ1v) is 13.7. The van der Waals surface area contributed by atoms with Crippen molar-refractivity contribution < 1.29 is 18.7 Å². The minimum Gasteiger partial charge on any atom is -0.507 e. The van der Waals surface area contributed by atoms with Gasteiger partial charge in [-0.25, -0.2) is 23.1 Å². The zero-order chi connectivity index (χ0) is 30.5. The predicted octanol–water partition coefficient (Wildman–Crippen LogP) is 4.87. The van der Waals surface area contributed by atoms with E-state index in [1.54, 1.807) is 17.2 Å². The summed E-state index contributed by atoms with van der Waals surface area (Å²) in [4.78, 5) is 43.4. The molecule has 0 radical (unpaired) electrons. The molecule has 1 N–H and O–H groups in total. The molecule has 0 bridgehead atoms. The van der Waals surface area contributed by atoms with E-state index in [1.165, 1.54) is 28.8 Å². The molecule has 3 aromatic heterocycles. The lowest BCUT2D eigenvalue weighted by molar-refractivity contribution is -0.129. The van der Waals surface area contributed by atoms with Crippen molar-refractivity contribution in [1.82, 2.24) is 24.4 Å². The molecular formula is C31H32F2N6O3. The van der Waals surface area contributed by atoms with E-state index in [0.717, 1.165) is 6.07 Å². The van der Waals surface area contributed by atoms with Crippen LogP contribution >= 0.6 is 0 Å². The van der Waals surface area contributed by atoms with Crippen LogP contribution in [0.5, 0.6) is 5.75 Å². The van der Waals surface area contributed by atoms with Crippen LogP contribution in [-0.2, 0) is 4.79 Å². The maximum absolute atomic E-state index is 15.9. The van der Waals surface area contributed by atoms with E-state index in [4.69, 9.17) is 0 Å². The van der Waals surface area contributed by atoms with E-state index < -0.39 is 34.3 Å². The van der Waals surface area contributed by atoms with Gasteiger partial charge in [0.05, 0.1) is 22.3 Å². The van der Waals surface area contributed by atoms with Gasteiger partial charge < -0.3 is 14.9 Å². The molecule has 4 heterocycles. The molecule has 0 spiro atoms. The van der Waals surface area contributed by atoms with Crippen molar-refractivity contribution >= 4 is 22.8 Å². The third kappa shape index (κ3) is 4.68. The number of hydrogen-bond acceptors (Lipinski definition) is 7. The number of fused-ring (bicyclic) bond motifs is 1. The predicted molar refractivity (Wildman–Crippen MR) is 157 cm³/mol. The summed E-state index contributed by atoms with van der Waals surface area (Å²) < 4.78 is 32.1. The van der Waals surface area contributed by atoms with Gasteiger partial charge in [0.25, 0.3) is 0 Å². The quantitative estimate of drug-likeness (QED) is 0.339. The summed E-state index contributed by atoms with van der Waals surface area (Å²) in [6, 6.07) is 5.98. The molecule has 5 rings (SSSR count). The Morgan fingerprint density at radius 3 is 2.52 bits per heavy atom. The van der Waals surface area contributed by atoms with E-state index in [2.05, 4.69) is 21.5 Å². The summed E-state index contributed by atoms with van der Waals surface area (Å²) >= 11 is 0. The molecule has 1 aliphatic rings. The van der Waals surface area contributed by atoms with Crippen LogP contribution in [0.15, 0.2) is 54.0 Å². The molecule has 0 saturated carbocycles. The Morgan fingerprint density at radius 1 is 1.12 bits per heavy atom. The van der Waals surface area contributed by atoms with Crippen LogP contribution in [0.3, 0.4) is 0 Å². The van der Waals surface area contributed by atoms with Crippen molar-refractivity contribution in [3.8, 4) is 22.7 Å². The molecule has 0 unspecified atom stereocenters. The van der Waals surface area contributed by atoms with Gasteiger partial charge in [0.2, 0.25) is 5.91 Å². The number of aryl methyl sites for hydroxylation is 1. The highest BCUT2D eigenvalue weighted by Crippen LogP contribution is 2.37. The number of pyridine rings is 2. The highest BCUT2D eigenvalue weighted by Gasteiger charge is 2.35. The molecule has 1 aromatic carbocycles. The lowest BCUT2D eigenvalue weighted by Crippen LogP contribution is -2.59. The third-order valence-corrected chi connectivity index (χ3v) is 7.95. The molecule has 11 heteroatoms. The number of hydrogen-bond donors (Lipinski definition) is 1. The second-order valence-electron chi connectivity index (χ2n) is 10.8. The Kier molecular flexibility index (Phi) is 7.53. The van der Waals surface area contributed by atoms with Crippen LogP contribution in [0.1, 0.15) is 44.9 Å². The number of aromatic hydroxyl groups is 1. The second-order valence-corrected chi connectivity index (χ2v) is 10.8. The van der Waals surface area contributed by atoms with Crippen molar-refractivity contribution in [3.05, 3.63) is 82.6 Å². The molecule has 0 aliphatic carbocycles. The Morgan fingerprint density at radius 2 is 1.86 bits per heavy atom. The van der Waals surface area contributed by atoms with Gasteiger partial charge in [0, 0.05) is 31.4 Å². The summed E-state index contributed by atoms with van der Waals surface area (Å²) in [6.07, 6.45) is 2.90. The highest BCUT2D eigenvalue weighted by molar-refractivity contribution is 5.91. The van der Waals surface area contributed by atoms with Crippen LogP contribution in [-0.4, -0.2) is 60.6 Å². The fraction of sp³-hybridized carbons (Fsp3) is 0.323. The number of aromatic nitrogens is 4. The van der Waals surface area contributed by atoms with Crippen LogP contribution in [0.2, 0.25) is 0 Å².